The topological polar surface area (TPSA) is 75.7 Å². The molecule has 0 radical (unpaired) electrons. The molecular formula is C18H20N2O4S2. The van der Waals surface area contributed by atoms with Gasteiger partial charge in [0.2, 0.25) is 5.91 Å². The number of sulfonamides is 1. The van der Waals surface area contributed by atoms with Crippen LogP contribution in [0.2, 0.25) is 0 Å². The molecule has 1 unspecified atom stereocenters. The molecular weight excluding hydrogens is 372 g/mol. The zero-order valence-electron chi connectivity index (χ0n) is 14.7. The largest absolute Gasteiger partial charge is 0.487 e. The summed E-state index contributed by atoms with van der Waals surface area (Å²) in [6.45, 7) is 3.70. The van der Waals surface area contributed by atoms with Gasteiger partial charge in [-0.25, -0.2) is 8.42 Å². The SMILES string of the molecule is CSc1cccc(NS(=O)(=O)c2ccc3c(c2)N(C(C)=O)CC(C)O3)c1. The van der Waals surface area contributed by atoms with Gasteiger partial charge in [0.1, 0.15) is 11.9 Å². The number of anilines is 2. The smallest absolute Gasteiger partial charge is 0.261 e. The molecule has 0 aromatic heterocycles. The fourth-order valence-electron chi connectivity index (χ4n) is 2.78. The van der Waals surface area contributed by atoms with Crippen LogP contribution in [0.3, 0.4) is 0 Å². The van der Waals surface area contributed by atoms with Crippen molar-refractivity contribution < 1.29 is 17.9 Å². The molecule has 138 valence electrons. The van der Waals surface area contributed by atoms with Crippen LogP contribution in [0.15, 0.2) is 52.3 Å². The Morgan fingerprint density at radius 3 is 2.73 bits per heavy atom. The number of amides is 1. The van der Waals surface area contributed by atoms with Gasteiger partial charge in [0.25, 0.3) is 10.0 Å². The van der Waals surface area contributed by atoms with Crippen molar-refractivity contribution >= 4 is 39.1 Å². The van der Waals surface area contributed by atoms with Crippen molar-refractivity contribution in [1.29, 1.82) is 0 Å². The maximum atomic E-state index is 12.8. The molecule has 0 saturated heterocycles. The van der Waals surface area contributed by atoms with E-state index in [-0.39, 0.29) is 16.9 Å². The summed E-state index contributed by atoms with van der Waals surface area (Å²) in [5, 5.41) is 0. The van der Waals surface area contributed by atoms with Crippen LogP contribution in [0.25, 0.3) is 0 Å². The molecule has 2 aromatic carbocycles. The summed E-state index contributed by atoms with van der Waals surface area (Å²) in [5.41, 5.74) is 0.958. The first-order valence-electron chi connectivity index (χ1n) is 8.06. The van der Waals surface area contributed by atoms with Gasteiger partial charge in [0.05, 0.1) is 17.1 Å². The van der Waals surface area contributed by atoms with Gasteiger partial charge >= 0.3 is 0 Å². The van der Waals surface area contributed by atoms with Crippen molar-refractivity contribution in [3.05, 3.63) is 42.5 Å². The van der Waals surface area contributed by atoms with Crippen molar-refractivity contribution in [3.8, 4) is 5.75 Å². The van der Waals surface area contributed by atoms with E-state index in [4.69, 9.17) is 4.74 Å². The van der Waals surface area contributed by atoms with Crippen LogP contribution in [0.1, 0.15) is 13.8 Å². The van der Waals surface area contributed by atoms with Crippen molar-refractivity contribution in [1.82, 2.24) is 0 Å². The van der Waals surface area contributed by atoms with E-state index in [1.807, 2.05) is 19.2 Å². The summed E-state index contributed by atoms with van der Waals surface area (Å²) in [7, 11) is -3.79. The van der Waals surface area contributed by atoms with E-state index in [1.54, 1.807) is 24.3 Å². The molecule has 1 heterocycles. The Kier molecular flexibility index (Phi) is 5.15. The minimum absolute atomic E-state index is 0.0789. The monoisotopic (exact) mass is 392 g/mol. The fourth-order valence-corrected chi connectivity index (χ4v) is 4.31. The highest BCUT2D eigenvalue weighted by Crippen LogP contribution is 2.36. The van der Waals surface area contributed by atoms with E-state index in [2.05, 4.69) is 4.72 Å². The van der Waals surface area contributed by atoms with Crippen molar-refractivity contribution in [3.63, 3.8) is 0 Å². The highest BCUT2D eigenvalue weighted by atomic mass is 32.2. The summed E-state index contributed by atoms with van der Waals surface area (Å²) >= 11 is 1.53. The quantitative estimate of drug-likeness (QED) is 0.808. The van der Waals surface area contributed by atoms with Gasteiger partial charge in [-0.05, 0) is 49.6 Å². The first-order valence-corrected chi connectivity index (χ1v) is 10.8. The lowest BCUT2D eigenvalue weighted by Crippen LogP contribution is -2.41. The zero-order chi connectivity index (χ0) is 18.9. The summed E-state index contributed by atoms with van der Waals surface area (Å²) in [6, 6.07) is 11.7. The number of ether oxygens (including phenoxy) is 1. The number of fused-ring (bicyclic) bond motifs is 1. The summed E-state index contributed by atoms with van der Waals surface area (Å²) < 4.78 is 33.8. The molecule has 1 N–H and O–H groups in total. The average Bonchev–Trinajstić information content (AvgIpc) is 2.60. The van der Waals surface area contributed by atoms with E-state index in [1.165, 1.54) is 35.7 Å². The predicted octanol–water partition coefficient (Wildman–Crippen LogP) is 3.34. The molecule has 1 atom stereocenters. The normalized spacial score (nSPS) is 16.6. The van der Waals surface area contributed by atoms with Crippen LogP contribution in [-0.2, 0) is 14.8 Å². The standard InChI is InChI=1S/C18H20N2O4S2/c1-12-11-20(13(2)21)17-10-16(7-8-18(17)24-12)26(22,23)19-14-5-4-6-15(9-14)25-3/h4-10,12,19H,11H2,1-3H3. The number of carbonyl (C=O) groups is 1. The zero-order valence-corrected chi connectivity index (χ0v) is 16.4. The number of hydrogen-bond donors (Lipinski definition) is 1. The number of rotatable bonds is 4. The number of hydrogen-bond acceptors (Lipinski definition) is 5. The van der Waals surface area contributed by atoms with Gasteiger partial charge in [0, 0.05) is 17.5 Å². The van der Waals surface area contributed by atoms with E-state index in [0.29, 0.717) is 23.7 Å². The maximum Gasteiger partial charge on any atom is 0.261 e. The molecule has 0 fully saturated rings. The minimum Gasteiger partial charge on any atom is -0.487 e. The first-order chi connectivity index (χ1) is 12.3. The van der Waals surface area contributed by atoms with E-state index in [9.17, 15) is 13.2 Å². The van der Waals surface area contributed by atoms with Crippen LogP contribution >= 0.6 is 11.8 Å². The summed E-state index contributed by atoms with van der Waals surface area (Å²) in [4.78, 5) is 14.5. The van der Waals surface area contributed by atoms with Crippen molar-refractivity contribution in [2.75, 3.05) is 22.4 Å². The lowest BCUT2D eigenvalue weighted by molar-refractivity contribution is -0.117. The third-order valence-electron chi connectivity index (χ3n) is 4.00. The fraction of sp³-hybridized carbons (Fsp3) is 0.278. The highest BCUT2D eigenvalue weighted by Gasteiger charge is 2.27. The second-order valence-corrected chi connectivity index (χ2v) is 8.59. The average molecular weight is 393 g/mol. The Labute approximate surface area is 157 Å². The molecule has 2 aromatic rings. The van der Waals surface area contributed by atoms with Crippen LogP contribution in [-0.4, -0.2) is 33.2 Å². The molecule has 0 spiro atoms. The molecule has 0 saturated carbocycles. The van der Waals surface area contributed by atoms with Gasteiger partial charge in [-0.15, -0.1) is 11.8 Å². The molecule has 8 heteroatoms. The van der Waals surface area contributed by atoms with E-state index < -0.39 is 10.0 Å². The number of carbonyl (C=O) groups excluding carboxylic acids is 1. The Hall–Kier alpha value is -2.19. The third kappa shape index (κ3) is 3.81. The van der Waals surface area contributed by atoms with E-state index >= 15 is 0 Å². The molecule has 26 heavy (non-hydrogen) atoms. The van der Waals surface area contributed by atoms with Gasteiger partial charge in [-0.1, -0.05) is 6.07 Å². The Morgan fingerprint density at radius 1 is 1.27 bits per heavy atom. The second kappa shape index (κ2) is 7.20. The third-order valence-corrected chi connectivity index (χ3v) is 6.11. The molecule has 3 rings (SSSR count). The van der Waals surface area contributed by atoms with Crippen LogP contribution in [0.5, 0.6) is 5.75 Å². The van der Waals surface area contributed by atoms with Crippen LogP contribution in [0, 0.1) is 0 Å². The lowest BCUT2D eigenvalue weighted by atomic mass is 10.2. The minimum atomic E-state index is -3.79. The predicted molar refractivity (Wildman–Crippen MR) is 104 cm³/mol. The second-order valence-electron chi connectivity index (χ2n) is 6.03. The Bertz CT molecular complexity index is 944. The van der Waals surface area contributed by atoms with Gasteiger partial charge in [-0.3, -0.25) is 9.52 Å². The molecule has 1 aliphatic heterocycles. The van der Waals surface area contributed by atoms with Gasteiger partial charge < -0.3 is 9.64 Å². The number of benzene rings is 2. The van der Waals surface area contributed by atoms with Gasteiger partial charge in [0.15, 0.2) is 0 Å². The lowest BCUT2D eigenvalue weighted by Gasteiger charge is -2.33. The number of nitrogens with one attached hydrogen (secondary N) is 1. The molecule has 0 aliphatic carbocycles. The van der Waals surface area contributed by atoms with E-state index in [0.717, 1.165) is 4.90 Å². The van der Waals surface area contributed by atoms with Crippen molar-refractivity contribution in [2.45, 2.75) is 29.7 Å². The summed E-state index contributed by atoms with van der Waals surface area (Å²) in [5.74, 6) is 0.346. The molecule has 6 nitrogen and oxygen atoms in total. The molecule has 0 bridgehead atoms. The Morgan fingerprint density at radius 2 is 2.04 bits per heavy atom. The highest BCUT2D eigenvalue weighted by molar-refractivity contribution is 7.98. The number of nitrogens with zero attached hydrogens (tertiary/aromatic N) is 1. The number of thioether (sulfide) groups is 1. The maximum absolute atomic E-state index is 12.8. The summed E-state index contributed by atoms with van der Waals surface area (Å²) in [6.07, 6.45) is 1.77. The van der Waals surface area contributed by atoms with Crippen LogP contribution < -0.4 is 14.4 Å². The van der Waals surface area contributed by atoms with Crippen molar-refractivity contribution in [2.24, 2.45) is 0 Å². The molecule has 1 aliphatic rings. The van der Waals surface area contributed by atoms with Crippen LogP contribution in [0.4, 0.5) is 11.4 Å². The first kappa shape index (κ1) is 18.6. The Balaban J connectivity index is 1.96. The van der Waals surface area contributed by atoms with Gasteiger partial charge in [-0.2, -0.15) is 0 Å². The molecule has 1 amide bonds.